The van der Waals surface area contributed by atoms with Crippen LogP contribution in [0.2, 0.25) is 0 Å². The zero-order chi connectivity index (χ0) is 12.5. The van der Waals surface area contributed by atoms with Gasteiger partial charge in [-0.05, 0) is 12.1 Å². The first-order valence-electron chi connectivity index (χ1n) is 5.54. The van der Waals surface area contributed by atoms with Crippen molar-refractivity contribution in [1.82, 2.24) is 19.7 Å². The highest BCUT2D eigenvalue weighted by molar-refractivity contribution is 5.88. The lowest BCUT2D eigenvalue weighted by atomic mass is 10.3. The molecule has 0 fully saturated rings. The predicted molar refractivity (Wildman–Crippen MR) is 70.6 cm³/mol. The van der Waals surface area contributed by atoms with Gasteiger partial charge in [0.05, 0.1) is 17.3 Å². The van der Waals surface area contributed by atoms with Crippen molar-refractivity contribution in [2.24, 2.45) is 0 Å². The molecule has 90 valence electrons. The standard InChI is InChI=1S/C12H12N6/c1-14-10-9-7-15-18(8-5-3-2-4-6-8)11(9)17-12(13)16-10/h2-7H,1H3,(H3,13,14,16,17). The van der Waals surface area contributed by atoms with Crippen LogP contribution in [0.5, 0.6) is 0 Å². The maximum absolute atomic E-state index is 5.70. The number of benzene rings is 1. The van der Waals surface area contributed by atoms with Crippen molar-refractivity contribution in [2.45, 2.75) is 0 Å². The Hall–Kier alpha value is -2.63. The van der Waals surface area contributed by atoms with Crippen molar-refractivity contribution < 1.29 is 0 Å². The van der Waals surface area contributed by atoms with Gasteiger partial charge in [-0.3, -0.25) is 0 Å². The third-order valence-electron chi connectivity index (χ3n) is 2.68. The second-order valence-electron chi connectivity index (χ2n) is 3.81. The van der Waals surface area contributed by atoms with Crippen molar-refractivity contribution in [1.29, 1.82) is 0 Å². The average Bonchev–Trinajstić information content (AvgIpc) is 2.82. The number of nitrogens with zero attached hydrogens (tertiary/aromatic N) is 4. The highest BCUT2D eigenvalue weighted by Gasteiger charge is 2.11. The molecule has 1 aromatic carbocycles. The number of fused-ring (bicyclic) bond motifs is 1. The van der Waals surface area contributed by atoms with E-state index in [1.807, 2.05) is 30.3 Å². The molecular formula is C12H12N6. The van der Waals surface area contributed by atoms with Crippen molar-refractivity contribution in [3.05, 3.63) is 36.5 Å². The van der Waals surface area contributed by atoms with E-state index in [4.69, 9.17) is 5.73 Å². The smallest absolute Gasteiger partial charge is 0.224 e. The summed E-state index contributed by atoms with van der Waals surface area (Å²) < 4.78 is 1.74. The summed E-state index contributed by atoms with van der Waals surface area (Å²) in [5, 5.41) is 8.17. The molecular weight excluding hydrogens is 228 g/mol. The topological polar surface area (TPSA) is 81.7 Å². The second kappa shape index (κ2) is 3.99. The molecule has 0 aliphatic carbocycles. The molecule has 0 bridgehead atoms. The van der Waals surface area contributed by atoms with E-state index >= 15 is 0 Å². The SMILES string of the molecule is CNc1nc(N)nc2c1cnn2-c1ccccc1. The van der Waals surface area contributed by atoms with Gasteiger partial charge in [0.25, 0.3) is 0 Å². The largest absolute Gasteiger partial charge is 0.372 e. The number of nitrogens with two attached hydrogens (primary N) is 1. The van der Waals surface area contributed by atoms with Crippen molar-refractivity contribution >= 4 is 22.8 Å². The zero-order valence-corrected chi connectivity index (χ0v) is 9.83. The molecule has 0 unspecified atom stereocenters. The van der Waals surface area contributed by atoms with Gasteiger partial charge in [0, 0.05) is 7.05 Å². The molecule has 3 N–H and O–H groups in total. The number of nitrogen functional groups attached to an aromatic ring is 1. The minimum absolute atomic E-state index is 0.226. The number of anilines is 2. The monoisotopic (exact) mass is 240 g/mol. The van der Waals surface area contributed by atoms with Crippen LogP contribution in [0.4, 0.5) is 11.8 Å². The predicted octanol–water partition coefficient (Wildman–Crippen LogP) is 1.44. The molecule has 0 saturated carbocycles. The molecule has 6 nitrogen and oxygen atoms in total. The van der Waals surface area contributed by atoms with Crippen LogP contribution in [0.3, 0.4) is 0 Å². The molecule has 0 spiro atoms. The lowest BCUT2D eigenvalue weighted by Gasteiger charge is -2.04. The molecule has 6 heteroatoms. The summed E-state index contributed by atoms with van der Waals surface area (Å²) in [5.74, 6) is 0.907. The Morgan fingerprint density at radius 2 is 1.94 bits per heavy atom. The Balaban J connectivity index is 2.30. The maximum Gasteiger partial charge on any atom is 0.224 e. The first kappa shape index (κ1) is 10.5. The fraction of sp³-hybridized carbons (Fsp3) is 0.0833. The lowest BCUT2D eigenvalue weighted by molar-refractivity contribution is 0.896. The van der Waals surface area contributed by atoms with Gasteiger partial charge in [-0.25, -0.2) is 4.68 Å². The molecule has 0 amide bonds. The van der Waals surface area contributed by atoms with Crippen LogP contribution in [0.25, 0.3) is 16.7 Å². The number of nitrogens with one attached hydrogen (secondary N) is 1. The second-order valence-corrected chi connectivity index (χ2v) is 3.81. The summed E-state index contributed by atoms with van der Waals surface area (Å²) in [6.07, 6.45) is 1.73. The molecule has 3 aromatic rings. The minimum Gasteiger partial charge on any atom is -0.372 e. The third kappa shape index (κ3) is 1.55. The third-order valence-corrected chi connectivity index (χ3v) is 2.68. The Labute approximate surface area is 103 Å². The van der Waals surface area contributed by atoms with Crippen LogP contribution >= 0.6 is 0 Å². The van der Waals surface area contributed by atoms with Crippen LogP contribution in [0.15, 0.2) is 36.5 Å². The quantitative estimate of drug-likeness (QED) is 0.708. The van der Waals surface area contributed by atoms with E-state index in [2.05, 4.69) is 20.4 Å². The Kier molecular flexibility index (Phi) is 2.33. The van der Waals surface area contributed by atoms with Gasteiger partial charge in [0.1, 0.15) is 5.82 Å². The molecule has 2 heterocycles. The summed E-state index contributed by atoms with van der Waals surface area (Å²) in [7, 11) is 1.79. The van der Waals surface area contributed by atoms with E-state index in [1.165, 1.54) is 0 Å². The van der Waals surface area contributed by atoms with E-state index in [-0.39, 0.29) is 5.95 Å². The zero-order valence-electron chi connectivity index (χ0n) is 9.83. The molecule has 0 radical (unpaired) electrons. The van der Waals surface area contributed by atoms with Gasteiger partial charge in [0.15, 0.2) is 5.65 Å². The van der Waals surface area contributed by atoms with Gasteiger partial charge in [-0.1, -0.05) is 18.2 Å². The highest BCUT2D eigenvalue weighted by Crippen LogP contribution is 2.22. The first-order valence-corrected chi connectivity index (χ1v) is 5.54. The number of hydrogen-bond donors (Lipinski definition) is 2. The Bertz CT molecular complexity index is 688. The molecule has 3 rings (SSSR count). The van der Waals surface area contributed by atoms with E-state index in [0.717, 1.165) is 11.1 Å². The number of para-hydroxylation sites is 1. The number of aromatic nitrogens is 4. The van der Waals surface area contributed by atoms with Gasteiger partial charge < -0.3 is 11.1 Å². The van der Waals surface area contributed by atoms with Crippen LogP contribution < -0.4 is 11.1 Å². The van der Waals surface area contributed by atoms with Crippen LogP contribution in [0, 0.1) is 0 Å². The Morgan fingerprint density at radius 1 is 1.17 bits per heavy atom. The fourth-order valence-electron chi connectivity index (χ4n) is 1.87. The van der Waals surface area contributed by atoms with Gasteiger partial charge in [0.2, 0.25) is 5.95 Å². The highest BCUT2D eigenvalue weighted by atomic mass is 15.3. The molecule has 2 aromatic heterocycles. The van der Waals surface area contributed by atoms with Gasteiger partial charge in [-0.2, -0.15) is 15.1 Å². The van der Waals surface area contributed by atoms with Crippen LogP contribution in [0.1, 0.15) is 0 Å². The van der Waals surface area contributed by atoms with Crippen molar-refractivity contribution in [3.8, 4) is 5.69 Å². The summed E-state index contributed by atoms with van der Waals surface area (Å²) in [6, 6.07) is 9.78. The summed E-state index contributed by atoms with van der Waals surface area (Å²) in [4.78, 5) is 8.38. The number of rotatable bonds is 2. The van der Waals surface area contributed by atoms with Crippen molar-refractivity contribution in [2.75, 3.05) is 18.1 Å². The molecule has 18 heavy (non-hydrogen) atoms. The molecule has 0 atom stereocenters. The van der Waals surface area contributed by atoms with Crippen LogP contribution in [-0.2, 0) is 0 Å². The number of hydrogen-bond acceptors (Lipinski definition) is 5. The normalized spacial score (nSPS) is 10.7. The Morgan fingerprint density at radius 3 is 2.67 bits per heavy atom. The summed E-state index contributed by atoms with van der Waals surface area (Å²) in [5.41, 5.74) is 7.33. The van der Waals surface area contributed by atoms with E-state index in [9.17, 15) is 0 Å². The van der Waals surface area contributed by atoms with Gasteiger partial charge >= 0.3 is 0 Å². The fourth-order valence-corrected chi connectivity index (χ4v) is 1.87. The molecule has 0 saturated heterocycles. The average molecular weight is 240 g/mol. The lowest BCUT2D eigenvalue weighted by Crippen LogP contribution is -2.03. The van der Waals surface area contributed by atoms with Gasteiger partial charge in [-0.15, -0.1) is 0 Å². The van der Waals surface area contributed by atoms with Crippen LogP contribution in [-0.4, -0.2) is 26.8 Å². The minimum atomic E-state index is 0.226. The van der Waals surface area contributed by atoms with Crippen molar-refractivity contribution in [3.63, 3.8) is 0 Å². The maximum atomic E-state index is 5.70. The molecule has 0 aliphatic rings. The van der Waals surface area contributed by atoms with E-state index in [1.54, 1.807) is 17.9 Å². The molecule has 0 aliphatic heterocycles. The first-order chi connectivity index (χ1) is 8.79. The van der Waals surface area contributed by atoms with E-state index in [0.29, 0.717) is 11.5 Å². The van der Waals surface area contributed by atoms with E-state index < -0.39 is 0 Å². The summed E-state index contributed by atoms with van der Waals surface area (Å²) >= 11 is 0. The summed E-state index contributed by atoms with van der Waals surface area (Å²) in [6.45, 7) is 0.